The number of hydrogen-bond acceptors (Lipinski definition) is 4. The van der Waals surface area contributed by atoms with Gasteiger partial charge in [0.15, 0.2) is 0 Å². The van der Waals surface area contributed by atoms with E-state index < -0.39 is 11.5 Å². The van der Waals surface area contributed by atoms with Crippen molar-refractivity contribution in [1.82, 2.24) is 5.32 Å². The zero-order chi connectivity index (χ0) is 13.6. The number of ether oxygens (including phenoxy) is 2. The molecular formula is C13H18FNO3. The molecule has 0 aliphatic rings. The zero-order valence-electron chi connectivity index (χ0n) is 10.8. The predicted molar refractivity (Wildman–Crippen MR) is 66.0 cm³/mol. The van der Waals surface area contributed by atoms with Gasteiger partial charge >= 0.3 is 5.97 Å². The fraction of sp³-hybridized carbons (Fsp3) is 0.462. The first-order chi connectivity index (χ1) is 8.51. The molecule has 100 valence electrons. The lowest BCUT2D eigenvalue weighted by atomic mass is 10.0. The second-order valence-corrected chi connectivity index (χ2v) is 4.10. The van der Waals surface area contributed by atoms with Crippen LogP contribution in [0.1, 0.15) is 13.8 Å². The topological polar surface area (TPSA) is 47.6 Å². The van der Waals surface area contributed by atoms with Gasteiger partial charge in [0, 0.05) is 0 Å². The van der Waals surface area contributed by atoms with Crippen LogP contribution >= 0.6 is 0 Å². The van der Waals surface area contributed by atoms with Crippen LogP contribution in [-0.2, 0) is 9.53 Å². The summed E-state index contributed by atoms with van der Waals surface area (Å²) in [7, 11) is 1.33. The van der Waals surface area contributed by atoms with Crippen molar-refractivity contribution in [3.05, 3.63) is 30.1 Å². The lowest BCUT2D eigenvalue weighted by Crippen LogP contribution is -2.54. The molecule has 4 nitrogen and oxygen atoms in total. The third-order valence-corrected chi connectivity index (χ3v) is 2.54. The number of rotatable bonds is 6. The molecule has 0 saturated heterocycles. The monoisotopic (exact) mass is 255 g/mol. The Morgan fingerprint density at radius 3 is 2.50 bits per heavy atom. The molecule has 5 heteroatoms. The van der Waals surface area contributed by atoms with Crippen LogP contribution in [-0.4, -0.2) is 31.8 Å². The van der Waals surface area contributed by atoms with E-state index in [2.05, 4.69) is 5.32 Å². The summed E-state index contributed by atoms with van der Waals surface area (Å²) < 4.78 is 22.9. The van der Waals surface area contributed by atoms with Crippen LogP contribution in [0.3, 0.4) is 0 Å². The number of likely N-dealkylation sites (N-methyl/N-ethyl adjacent to an activating group) is 1. The molecule has 1 atom stereocenters. The van der Waals surface area contributed by atoms with Crippen LogP contribution in [0.4, 0.5) is 4.39 Å². The van der Waals surface area contributed by atoms with Gasteiger partial charge in [-0.15, -0.1) is 0 Å². The Bertz CT molecular complexity index is 394. The van der Waals surface area contributed by atoms with Crippen LogP contribution in [0.2, 0.25) is 0 Å². The summed E-state index contributed by atoms with van der Waals surface area (Å²) in [5.41, 5.74) is -0.919. The maximum absolute atomic E-state index is 12.7. The van der Waals surface area contributed by atoms with Crippen molar-refractivity contribution in [3.63, 3.8) is 0 Å². The molecule has 0 bridgehead atoms. The molecule has 0 radical (unpaired) electrons. The maximum Gasteiger partial charge on any atom is 0.329 e. The number of methoxy groups -OCH3 is 1. The van der Waals surface area contributed by atoms with Gasteiger partial charge in [0.1, 0.15) is 23.7 Å². The third kappa shape index (κ3) is 3.70. The van der Waals surface area contributed by atoms with Gasteiger partial charge in [0.25, 0.3) is 0 Å². The molecule has 0 fully saturated rings. The number of benzene rings is 1. The molecular weight excluding hydrogens is 237 g/mol. The number of nitrogens with one attached hydrogen (secondary N) is 1. The Hall–Kier alpha value is -1.62. The molecule has 1 aromatic carbocycles. The summed E-state index contributed by atoms with van der Waals surface area (Å²) in [5.74, 6) is -0.222. The van der Waals surface area contributed by atoms with E-state index in [1.54, 1.807) is 6.92 Å². The largest absolute Gasteiger partial charge is 0.491 e. The van der Waals surface area contributed by atoms with Gasteiger partial charge in [-0.2, -0.15) is 0 Å². The lowest BCUT2D eigenvalue weighted by Gasteiger charge is -2.27. The van der Waals surface area contributed by atoms with Crippen LogP contribution in [0.15, 0.2) is 24.3 Å². The maximum atomic E-state index is 12.7. The second-order valence-electron chi connectivity index (χ2n) is 4.10. The van der Waals surface area contributed by atoms with E-state index in [9.17, 15) is 9.18 Å². The summed E-state index contributed by atoms with van der Waals surface area (Å²) >= 11 is 0. The van der Waals surface area contributed by atoms with Gasteiger partial charge in [0.2, 0.25) is 0 Å². The number of carbonyl (C=O) groups is 1. The van der Waals surface area contributed by atoms with E-state index in [-0.39, 0.29) is 12.4 Å². The van der Waals surface area contributed by atoms with Crippen molar-refractivity contribution >= 4 is 5.97 Å². The highest BCUT2D eigenvalue weighted by Gasteiger charge is 2.34. The van der Waals surface area contributed by atoms with Crippen molar-refractivity contribution in [3.8, 4) is 5.75 Å². The highest BCUT2D eigenvalue weighted by Crippen LogP contribution is 2.14. The first kappa shape index (κ1) is 14.4. The van der Waals surface area contributed by atoms with Crippen molar-refractivity contribution < 1.29 is 18.7 Å². The predicted octanol–water partition coefficient (Wildman–Crippen LogP) is 1.75. The summed E-state index contributed by atoms with van der Waals surface area (Å²) in [6.07, 6.45) is 0. The Labute approximate surface area is 106 Å². The van der Waals surface area contributed by atoms with Crippen molar-refractivity contribution in [2.45, 2.75) is 19.4 Å². The van der Waals surface area contributed by atoms with Crippen LogP contribution in [0, 0.1) is 5.82 Å². The van der Waals surface area contributed by atoms with Gasteiger partial charge in [-0.05, 0) is 37.7 Å². The quantitative estimate of drug-likeness (QED) is 0.787. The molecule has 0 amide bonds. The van der Waals surface area contributed by atoms with Gasteiger partial charge in [0.05, 0.1) is 7.11 Å². The average Bonchev–Trinajstić information content (AvgIpc) is 2.37. The number of hydrogen-bond donors (Lipinski definition) is 1. The zero-order valence-corrected chi connectivity index (χ0v) is 10.8. The molecule has 0 aliphatic heterocycles. The number of halogens is 1. The average molecular weight is 255 g/mol. The molecule has 0 aromatic heterocycles. The molecule has 1 N–H and O–H groups in total. The highest BCUT2D eigenvalue weighted by molar-refractivity contribution is 5.80. The minimum absolute atomic E-state index is 0.110. The van der Waals surface area contributed by atoms with Crippen LogP contribution in [0.5, 0.6) is 5.75 Å². The van der Waals surface area contributed by atoms with Gasteiger partial charge < -0.3 is 9.47 Å². The van der Waals surface area contributed by atoms with E-state index in [0.29, 0.717) is 12.3 Å². The highest BCUT2D eigenvalue weighted by atomic mass is 19.1. The fourth-order valence-electron chi connectivity index (χ4n) is 1.56. The van der Waals surface area contributed by atoms with E-state index in [0.717, 1.165) is 0 Å². The minimum atomic E-state index is -0.919. The van der Waals surface area contributed by atoms with Gasteiger partial charge in [-0.1, -0.05) is 6.92 Å². The van der Waals surface area contributed by atoms with Gasteiger partial charge in [-0.3, -0.25) is 5.32 Å². The first-order valence-electron chi connectivity index (χ1n) is 5.73. The standard InChI is InChI=1S/C13H18FNO3/c1-4-15-13(2,12(16)17-3)9-18-11-7-5-10(14)6-8-11/h5-8,15H,4,9H2,1-3H3. The molecule has 1 rings (SSSR count). The fourth-order valence-corrected chi connectivity index (χ4v) is 1.56. The summed E-state index contributed by atoms with van der Waals surface area (Å²) in [5, 5.41) is 3.02. The third-order valence-electron chi connectivity index (χ3n) is 2.54. The van der Waals surface area contributed by atoms with E-state index in [4.69, 9.17) is 9.47 Å². The van der Waals surface area contributed by atoms with E-state index >= 15 is 0 Å². The molecule has 0 aliphatic carbocycles. The molecule has 0 saturated carbocycles. The van der Waals surface area contributed by atoms with Gasteiger partial charge in [-0.25, -0.2) is 9.18 Å². The van der Waals surface area contributed by atoms with E-state index in [1.807, 2.05) is 6.92 Å². The summed E-state index contributed by atoms with van der Waals surface area (Å²) in [4.78, 5) is 11.7. The molecule has 0 spiro atoms. The van der Waals surface area contributed by atoms with Crippen LogP contribution < -0.4 is 10.1 Å². The Kier molecular flexibility index (Phi) is 5.09. The Morgan fingerprint density at radius 2 is 2.00 bits per heavy atom. The van der Waals surface area contributed by atoms with Crippen molar-refractivity contribution in [2.75, 3.05) is 20.3 Å². The number of esters is 1. The molecule has 1 aromatic rings. The summed E-state index contributed by atoms with van der Waals surface area (Å²) in [6, 6.07) is 5.63. The Balaban J connectivity index is 2.67. The first-order valence-corrected chi connectivity index (χ1v) is 5.73. The van der Waals surface area contributed by atoms with E-state index in [1.165, 1.54) is 31.4 Å². The molecule has 0 heterocycles. The molecule has 18 heavy (non-hydrogen) atoms. The Morgan fingerprint density at radius 1 is 1.39 bits per heavy atom. The molecule has 1 unspecified atom stereocenters. The number of carbonyl (C=O) groups excluding carboxylic acids is 1. The second kappa shape index (κ2) is 6.35. The summed E-state index contributed by atoms with van der Waals surface area (Å²) in [6.45, 7) is 4.31. The van der Waals surface area contributed by atoms with Crippen molar-refractivity contribution in [1.29, 1.82) is 0 Å². The SMILES string of the molecule is CCNC(C)(COc1ccc(F)cc1)C(=O)OC. The van der Waals surface area contributed by atoms with Crippen molar-refractivity contribution in [2.24, 2.45) is 0 Å². The normalized spacial score (nSPS) is 13.8. The minimum Gasteiger partial charge on any atom is -0.491 e. The smallest absolute Gasteiger partial charge is 0.329 e. The van der Waals surface area contributed by atoms with Crippen LogP contribution in [0.25, 0.3) is 0 Å². The lowest BCUT2D eigenvalue weighted by molar-refractivity contribution is -0.149.